The van der Waals surface area contributed by atoms with Gasteiger partial charge in [-0.1, -0.05) is 0 Å². The summed E-state index contributed by atoms with van der Waals surface area (Å²) in [5.41, 5.74) is -0.603. The number of amides is 1. The van der Waals surface area contributed by atoms with Crippen LogP contribution in [0.5, 0.6) is 0 Å². The Bertz CT molecular complexity index is 437. The van der Waals surface area contributed by atoms with Gasteiger partial charge in [0.05, 0.1) is 5.69 Å². The molecule has 0 aromatic carbocycles. The Morgan fingerprint density at radius 1 is 1.41 bits per heavy atom. The monoisotopic (exact) mass is 238 g/mol. The molecule has 1 aromatic rings. The van der Waals surface area contributed by atoms with Gasteiger partial charge in [-0.15, -0.1) is 0 Å². The van der Waals surface area contributed by atoms with Crippen LogP contribution < -0.4 is 5.32 Å². The molecule has 1 aromatic heterocycles. The van der Waals surface area contributed by atoms with Crippen LogP contribution in [0.15, 0.2) is 18.3 Å². The number of anilines is 1. The number of nitrogens with one attached hydrogen (secondary N) is 1. The van der Waals surface area contributed by atoms with Crippen molar-refractivity contribution < 1.29 is 19.4 Å². The van der Waals surface area contributed by atoms with Crippen molar-refractivity contribution >= 4 is 17.7 Å². The van der Waals surface area contributed by atoms with Crippen molar-refractivity contribution in [1.82, 2.24) is 4.98 Å². The van der Waals surface area contributed by atoms with Gasteiger partial charge in [-0.3, -0.25) is 5.32 Å². The molecule has 0 aliphatic carbocycles. The SMILES string of the molecule is CC(C)(C)OC(=O)c1ncccc1NC(=O)O. The van der Waals surface area contributed by atoms with E-state index >= 15 is 0 Å². The molecule has 0 radical (unpaired) electrons. The van der Waals surface area contributed by atoms with Crippen LogP contribution in [0, 0.1) is 0 Å². The lowest BCUT2D eigenvalue weighted by atomic mass is 10.2. The topological polar surface area (TPSA) is 88.5 Å². The maximum atomic E-state index is 11.7. The van der Waals surface area contributed by atoms with E-state index in [0.717, 1.165) is 0 Å². The number of carbonyl (C=O) groups excluding carboxylic acids is 1. The molecular weight excluding hydrogens is 224 g/mol. The van der Waals surface area contributed by atoms with E-state index in [2.05, 4.69) is 10.3 Å². The Balaban J connectivity index is 2.97. The average Bonchev–Trinajstić information content (AvgIpc) is 2.14. The van der Waals surface area contributed by atoms with Gasteiger partial charge in [-0.05, 0) is 32.9 Å². The molecule has 0 aliphatic heterocycles. The van der Waals surface area contributed by atoms with E-state index in [1.807, 2.05) is 0 Å². The Morgan fingerprint density at radius 2 is 2.06 bits per heavy atom. The lowest BCUT2D eigenvalue weighted by molar-refractivity contribution is 0.00642. The molecule has 1 amide bonds. The summed E-state index contributed by atoms with van der Waals surface area (Å²) in [6, 6.07) is 2.97. The molecule has 1 rings (SSSR count). The number of ether oxygens (including phenoxy) is 1. The van der Waals surface area contributed by atoms with Gasteiger partial charge >= 0.3 is 12.1 Å². The van der Waals surface area contributed by atoms with Gasteiger partial charge in [0.1, 0.15) is 5.60 Å². The van der Waals surface area contributed by atoms with Crippen LogP contribution in [0.25, 0.3) is 0 Å². The van der Waals surface area contributed by atoms with Gasteiger partial charge in [0.2, 0.25) is 0 Å². The zero-order valence-electron chi connectivity index (χ0n) is 9.85. The van der Waals surface area contributed by atoms with Crippen molar-refractivity contribution in [2.75, 3.05) is 5.32 Å². The quantitative estimate of drug-likeness (QED) is 0.770. The minimum absolute atomic E-state index is 0.0511. The first kappa shape index (κ1) is 13.0. The fourth-order valence-electron chi connectivity index (χ4n) is 1.11. The van der Waals surface area contributed by atoms with Crippen molar-refractivity contribution in [1.29, 1.82) is 0 Å². The van der Waals surface area contributed by atoms with Crippen LogP contribution in [0.2, 0.25) is 0 Å². The summed E-state index contributed by atoms with van der Waals surface area (Å²) in [7, 11) is 0. The van der Waals surface area contributed by atoms with Gasteiger partial charge < -0.3 is 9.84 Å². The van der Waals surface area contributed by atoms with E-state index in [1.54, 1.807) is 20.8 Å². The standard InChI is InChI=1S/C11H14N2O4/c1-11(2,3)17-9(14)8-7(13-10(15)16)5-4-6-12-8/h4-6,13H,1-3H3,(H,15,16). The van der Waals surface area contributed by atoms with E-state index in [1.165, 1.54) is 18.3 Å². The number of hydrogen-bond acceptors (Lipinski definition) is 4. The summed E-state index contributed by atoms with van der Waals surface area (Å²) in [5, 5.41) is 10.7. The van der Waals surface area contributed by atoms with E-state index in [0.29, 0.717) is 0 Å². The summed E-state index contributed by atoms with van der Waals surface area (Å²) in [4.78, 5) is 26.1. The number of carboxylic acid groups (broad SMARTS) is 1. The second-order valence-electron chi connectivity index (χ2n) is 4.33. The Hall–Kier alpha value is -2.11. The normalized spacial score (nSPS) is 10.8. The number of pyridine rings is 1. The van der Waals surface area contributed by atoms with E-state index < -0.39 is 17.7 Å². The zero-order chi connectivity index (χ0) is 13.1. The molecule has 6 heteroatoms. The Morgan fingerprint density at radius 3 is 2.59 bits per heavy atom. The third kappa shape index (κ3) is 4.10. The van der Waals surface area contributed by atoms with Gasteiger partial charge in [-0.25, -0.2) is 14.6 Å². The first-order valence-corrected chi connectivity index (χ1v) is 4.98. The second-order valence-corrected chi connectivity index (χ2v) is 4.33. The molecule has 0 aliphatic rings. The van der Waals surface area contributed by atoms with Gasteiger partial charge in [-0.2, -0.15) is 0 Å². The first-order valence-electron chi connectivity index (χ1n) is 4.98. The molecule has 17 heavy (non-hydrogen) atoms. The highest BCUT2D eigenvalue weighted by Gasteiger charge is 2.21. The fourth-order valence-corrected chi connectivity index (χ4v) is 1.11. The molecule has 92 valence electrons. The Labute approximate surface area is 98.6 Å². The van der Waals surface area contributed by atoms with Crippen molar-refractivity contribution in [3.63, 3.8) is 0 Å². The molecule has 6 nitrogen and oxygen atoms in total. The molecule has 0 fully saturated rings. The molecule has 0 atom stereocenters. The van der Waals surface area contributed by atoms with E-state index in [4.69, 9.17) is 9.84 Å². The number of rotatable bonds is 2. The zero-order valence-corrected chi connectivity index (χ0v) is 9.85. The first-order chi connectivity index (χ1) is 7.79. The number of esters is 1. The predicted octanol–water partition coefficient (Wildman–Crippen LogP) is 2.13. The molecule has 0 bridgehead atoms. The number of hydrogen-bond donors (Lipinski definition) is 2. The lowest BCUT2D eigenvalue weighted by Gasteiger charge is -2.19. The molecule has 0 saturated heterocycles. The van der Waals surface area contributed by atoms with Crippen LogP contribution in [-0.4, -0.2) is 27.8 Å². The van der Waals surface area contributed by atoms with Gasteiger partial charge in [0, 0.05) is 6.20 Å². The lowest BCUT2D eigenvalue weighted by Crippen LogP contribution is -2.25. The fraction of sp³-hybridized carbons (Fsp3) is 0.364. The van der Waals surface area contributed by atoms with E-state index in [-0.39, 0.29) is 11.4 Å². The summed E-state index contributed by atoms with van der Waals surface area (Å²) in [6.45, 7) is 5.16. The molecule has 1 heterocycles. The smallest absolute Gasteiger partial charge is 0.409 e. The molecule has 0 unspecified atom stereocenters. The third-order valence-corrected chi connectivity index (χ3v) is 1.64. The van der Waals surface area contributed by atoms with Crippen molar-refractivity contribution in [2.45, 2.75) is 26.4 Å². The molecule has 0 spiro atoms. The highest BCUT2D eigenvalue weighted by Crippen LogP contribution is 2.17. The minimum Gasteiger partial charge on any atom is -0.465 e. The summed E-state index contributed by atoms with van der Waals surface area (Å²) >= 11 is 0. The maximum Gasteiger partial charge on any atom is 0.409 e. The van der Waals surface area contributed by atoms with Crippen molar-refractivity contribution in [3.05, 3.63) is 24.0 Å². The third-order valence-electron chi connectivity index (χ3n) is 1.64. The van der Waals surface area contributed by atoms with Crippen molar-refractivity contribution in [3.8, 4) is 0 Å². The van der Waals surface area contributed by atoms with Crippen LogP contribution in [0.4, 0.5) is 10.5 Å². The minimum atomic E-state index is -1.26. The van der Waals surface area contributed by atoms with Gasteiger partial charge in [0.15, 0.2) is 5.69 Å². The largest absolute Gasteiger partial charge is 0.465 e. The number of aromatic nitrogens is 1. The number of carbonyl (C=O) groups is 2. The summed E-state index contributed by atoms with van der Waals surface area (Å²) in [5.74, 6) is -0.665. The Kier molecular flexibility index (Phi) is 3.67. The predicted molar refractivity (Wildman–Crippen MR) is 61.1 cm³/mol. The molecular formula is C11H14N2O4. The van der Waals surface area contributed by atoms with Crippen LogP contribution in [0.3, 0.4) is 0 Å². The number of nitrogens with zero attached hydrogens (tertiary/aromatic N) is 1. The summed E-state index contributed by atoms with van der Waals surface area (Å²) in [6.07, 6.45) is 0.134. The highest BCUT2D eigenvalue weighted by atomic mass is 16.6. The average molecular weight is 238 g/mol. The highest BCUT2D eigenvalue weighted by molar-refractivity contribution is 5.97. The van der Waals surface area contributed by atoms with Crippen LogP contribution >= 0.6 is 0 Å². The molecule has 0 saturated carbocycles. The summed E-state index contributed by atoms with van der Waals surface area (Å²) < 4.78 is 5.11. The van der Waals surface area contributed by atoms with Crippen molar-refractivity contribution in [2.24, 2.45) is 0 Å². The molecule has 2 N–H and O–H groups in total. The van der Waals surface area contributed by atoms with Gasteiger partial charge in [0.25, 0.3) is 0 Å². The van der Waals surface area contributed by atoms with Crippen LogP contribution in [-0.2, 0) is 4.74 Å². The second kappa shape index (κ2) is 4.82. The van der Waals surface area contributed by atoms with Crippen LogP contribution in [0.1, 0.15) is 31.3 Å². The van der Waals surface area contributed by atoms with E-state index in [9.17, 15) is 9.59 Å². The maximum absolute atomic E-state index is 11.7.